The molecule has 0 unspecified atom stereocenters. The molecule has 2 heterocycles. The Bertz CT molecular complexity index is 665. The zero-order chi connectivity index (χ0) is 17.5. The Hall–Kier alpha value is -2.40. The van der Waals surface area contributed by atoms with Gasteiger partial charge in [0, 0.05) is 19.7 Å². The summed E-state index contributed by atoms with van der Waals surface area (Å²) in [7, 11) is 1.36. The van der Waals surface area contributed by atoms with E-state index in [0.29, 0.717) is 18.2 Å². The lowest BCUT2D eigenvalue weighted by atomic mass is 9.97. The average Bonchev–Trinajstić information content (AvgIpc) is 2.69. The second kappa shape index (κ2) is 8.62. The maximum Gasteiger partial charge on any atom is 0.356 e. The van der Waals surface area contributed by atoms with Gasteiger partial charge in [-0.15, -0.1) is 0 Å². The number of methoxy groups -OCH3 is 1. The van der Waals surface area contributed by atoms with E-state index < -0.39 is 5.97 Å². The summed E-state index contributed by atoms with van der Waals surface area (Å²) >= 11 is 0. The molecule has 0 aliphatic carbocycles. The Morgan fingerprint density at radius 2 is 1.92 bits per heavy atom. The number of nitrogens with zero attached hydrogens (tertiary/aromatic N) is 2. The normalized spacial score (nSPS) is 15.2. The first kappa shape index (κ1) is 17.4. The van der Waals surface area contributed by atoms with Crippen molar-refractivity contribution in [3.05, 3.63) is 59.9 Å². The van der Waals surface area contributed by atoms with Gasteiger partial charge < -0.3 is 14.4 Å². The van der Waals surface area contributed by atoms with Crippen LogP contribution in [-0.4, -0.2) is 37.8 Å². The zero-order valence-electron chi connectivity index (χ0n) is 14.6. The molecule has 0 spiro atoms. The lowest BCUT2D eigenvalue weighted by molar-refractivity contribution is 0.0594. The number of rotatable bonds is 6. The molecule has 1 fully saturated rings. The number of aromatic nitrogens is 1. The number of benzene rings is 1. The first-order valence-corrected chi connectivity index (χ1v) is 8.67. The van der Waals surface area contributed by atoms with Crippen molar-refractivity contribution in [3.8, 4) is 0 Å². The van der Waals surface area contributed by atoms with Crippen LogP contribution in [0.4, 0.5) is 5.69 Å². The number of piperidine rings is 1. The minimum absolute atomic E-state index is 0.343. The van der Waals surface area contributed by atoms with Gasteiger partial charge >= 0.3 is 5.97 Å². The molecule has 1 saturated heterocycles. The molecule has 2 aromatic rings. The van der Waals surface area contributed by atoms with Crippen LogP contribution < -0.4 is 4.90 Å². The van der Waals surface area contributed by atoms with E-state index in [0.717, 1.165) is 38.2 Å². The first-order valence-electron chi connectivity index (χ1n) is 8.67. The molecule has 5 nitrogen and oxygen atoms in total. The van der Waals surface area contributed by atoms with Crippen LogP contribution >= 0.6 is 0 Å². The highest BCUT2D eigenvalue weighted by atomic mass is 16.5. The summed E-state index contributed by atoms with van der Waals surface area (Å²) in [6, 6.07) is 13.9. The second-order valence-corrected chi connectivity index (χ2v) is 6.32. The van der Waals surface area contributed by atoms with Crippen LogP contribution in [0.5, 0.6) is 0 Å². The third-order valence-electron chi connectivity index (χ3n) is 4.59. The largest absolute Gasteiger partial charge is 0.464 e. The monoisotopic (exact) mass is 340 g/mol. The average molecular weight is 340 g/mol. The maximum atomic E-state index is 11.4. The predicted molar refractivity (Wildman–Crippen MR) is 96.6 cm³/mol. The summed E-state index contributed by atoms with van der Waals surface area (Å²) in [5, 5.41) is 0. The van der Waals surface area contributed by atoms with Crippen LogP contribution in [0.2, 0.25) is 0 Å². The fraction of sp³-hybridized carbons (Fsp3) is 0.400. The van der Waals surface area contributed by atoms with E-state index in [-0.39, 0.29) is 0 Å². The van der Waals surface area contributed by atoms with Crippen molar-refractivity contribution in [1.29, 1.82) is 0 Å². The first-order chi connectivity index (χ1) is 12.3. The van der Waals surface area contributed by atoms with Gasteiger partial charge in [-0.05, 0) is 36.5 Å². The minimum atomic E-state index is -0.402. The van der Waals surface area contributed by atoms with E-state index in [9.17, 15) is 4.79 Å². The van der Waals surface area contributed by atoms with Crippen LogP contribution in [0, 0.1) is 5.92 Å². The quantitative estimate of drug-likeness (QED) is 0.755. The fourth-order valence-electron chi connectivity index (χ4n) is 3.07. The summed E-state index contributed by atoms with van der Waals surface area (Å²) in [6.45, 7) is 3.46. The van der Waals surface area contributed by atoms with E-state index in [2.05, 4.69) is 26.8 Å². The Labute approximate surface area is 148 Å². The summed E-state index contributed by atoms with van der Waals surface area (Å²) in [5.74, 6) is 0.197. The van der Waals surface area contributed by atoms with Gasteiger partial charge in [0.25, 0.3) is 0 Å². The van der Waals surface area contributed by atoms with Crippen molar-refractivity contribution in [3.63, 3.8) is 0 Å². The molecule has 0 atom stereocenters. The molecule has 0 saturated carbocycles. The molecule has 132 valence electrons. The Morgan fingerprint density at radius 3 is 2.56 bits per heavy atom. The molecule has 0 bridgehead atoms. The number of esters is 1. The van der Waals surface area contributed by atoms with Crippen LogP contribution in [0.15, 0.2) is 48.7 Å². The standard InChI is InChI=1S/C20H24N2O3/c1-24-20(23)19-8-7-18(13-21-19)22-11-9-17(10-12-22)15-25-14-16-5-3-2-4-6-16/h2-8,13,17H,9-12,14-15H2,1H3. The number of pyridine rings is 1. The highest BCUT2D eigenvalue weighted by molar-refractivity contribution is 5.87. The molecule has 1 aliphatic heterocycles. The number of hydrogen-bond acceptors (Lipinski definition) is 5. The van der Waals surface area contributed by atoms with Crippen molar-refractivity contribution in [2.75, 3.05) is 31.7 Å². The van der Waals surface area contributed by atoms with Crippen molar-refractivity contribution in [2.24, 2.45) is 5.92 Å². The molecule has 5 heteroatoms. The van der Waals surface area contributed by atoms with Gasteiger partial charge in [0.2, 0.25) is 0 Å². The van der Waals surface area contributed by atoms with E-state index in [1.165, 1.54) is 12.7 Å². The molecule has 0 radical (unpaired) electrons. The lowest BCUT2D eigenvalue weighted by Gasteiger charge is -2.33. The molecule has 0 amide bonds. The Kier molecular flexibility index (Phi) is 6.01. The molecule has 25 heavy (non-hydrogen) atoms. The molecule has 1 aliphatic rings. The highest BCUT2D eigenvalue weighted by Gasteiger charge is 2.20. The van der Waals surface area contributed by atoms with Crippen LogP contribution in [0.25, 0.3) is 0 Å². The third kappa shape index (κ3) is 4.79. The Balaban J connectivity index is 1.43. The van der Waals surface area contributed by atoms with E-state index in [4.69, 9.17) is 4.74 Å². The van der Waals surface area contributed by atoms with Gasteiger partial charge in [0.15, 0.2) is 0 Å². The zero-order valence-corrected chi connectivity index (χ0v) is 14.6. The topological polar surface area (TPSA) is 51.7 Å². The summed E-state index contributed by atoms with van der Waals surface area (Å²) in [4.78, 5) is 17.9. The van der Waals surface area contributed by atoms with E-state index in [1.54, 1.807) is 12.3 Å². The van der Waals surface area contributed by atoms with E-state index >= 15 is 0 Å². The SMILES string of the molecule is COC(=O)c1ccc(N2CCC(COCc3ccccc3)CC2)cn1. The highest BCUT2D eigenvalue weighted by Crippen LogP contribution is 2.23. The van der Waals surface area contributed by atoms with Crippen molar-refractivity contribution in [1.82, 2.24) is 4.98 Å². The molecule has 1 aromatic carbocycles. The number of carbonyl (C=O) groups excluding carboxylic acids is 1. The van der Waals surface area contributed by atoms with Gasteiger partial charge in [-0.25, -0.2) is 9.78 Å². The van der Waals surface area contributed by atoms with Crippen molar-refractivity contribution < 1.29 is 14.3 Å². The molecular weight excluding hydrogens is 316 g/mol. The smallest absolute Gasteiger partial charge is 0.356 e. The molecule has 1 aromatic heterocycles. The predicted octanol–water partition coefficient (Wildman–Crippen LogP) is 3.30. The molecular formula is C20H24N2O3. The number of hydrogen-bond donors (Lipinski definition) is 0. The van der Waals surface area contributed by atoms with Crippen molar-refractivity contribution in [2.45, 2.75) is 19.4 Å². The third-order valence-corrected chi connectivity index (χ3v) is 4.59. The molecule has 0 N–H and O–H groups in total. The number of anilines is 1. The minimum Gasteiger partial charge on any atom is -0.464 e. The lowest BCUT2D eigenvalue weighted by Crippen LogP contribution is -2.35. The number of carbonyl (C=O) groups is 1. The number of ether oxygens (including phenoxy) is 2. The van der Waals surface area contributed by atoms with Crippen LogP contribution in [-0.2, 0) is 16.1 Å². The Morgan fingerprint density at radius 1 is 1.16 bits per heavy atom. The summed E-state index contributed by atoms with van der Waals surface area (Å²) in [6.07, 6.45) is 3.96. The second-order valence-electron chi connectivity index (χ2n) is 6.32. The van der Waals surface area contributed by atoms with Crippen LogP contribution in [0.1, 0.15) is 28.9 Å². The summed E-state index contributed by atoms with van der Waals surface area (Å²) < 4.78 is 10.5. The summed E-state index contributed by atoms with van der Waals surface area (Å²) in [5.41, 5.74) is 2.61. The molecule has 3 rings (SSSR count). The van der Waals surface area contributed by atoms with Gasteiger partial charge in [0.1, 0.15) is 5.69 Å². The van der Waals surface area contributed by atoms with Crippen LogP contribution in [0.3, 0.4) is 0 Å². The maximum absolute atomic E-state index is 11.4. The van der Waals surface area contributed by atoms with Crippen molar-refractivity contribution >= 4 is 11.7 Å². The fourth-order valence-corrected chi connectivity index (χ4v) is 3.07. The van der Waals surface area contributed by atoms with Gasteiger partial charge in [-0.2, -0.15) is 0 Å². The van der Waals surface area contributed by atoms with Gasteiger partial charge in [-0.3, -0.25) is 0 Å². The van der Waals surface area contributed by atoms with Gasteiger partial charge in [-0.1, -0.05) is 30.3 Å². The van der Waals surface area contributed by atoms with Gasteiger partial charge in [0.05, 0.1) is 25.6 Å². The van der Waals surface area contributed by atoms with E-state index in [1.807, 2.05) is 24.3 Å².